The molecule has 0 aliphatic carbocycles. The molecule has 0 radical (unpaired) electrons. The second-order valence-corrected chi connectivity index (χ2v) is 15.5. The molecule has 13 nitrogen and oxygen atoms in total. The lowest BCUT2D eigenvalue weighted by molar-refractivity contribution is -0.118. The van der Waals surface area contributed by atoms with E-state index in [9.17, 15) is 14.2 Å². The predicted octanol–water partition coefficient (Wildman–Crippen LogP) is 10.00. The number of phosphoric ester groups is 1. The van der Waals surface area contributed by atoms with Gasteiger partial charge in [-0.2, -0.15) is 0 Å². The van der Waals surface area contributed by atoms with Crippen LogP contribution in [-0.4, -0.2) is 39.1 Å². The Morgan fingerprint density at radius 1 is 0.661 bits per heavy atom. The van der Waals surface area contributed by atoms with Crippen LogP contribution in [0.3, 0.4) is 0 Å². The van der Waals surface area contributed by atoms with E-state index in [1.807, 2.05) is 121 Å². The molecule has 2 amide bonds. The largest absolute Gasteiger partial charge is 0.530 e. The lowest BCUT2D eigenvalue weighted by Crippen LogP contribution is -2.45. The summed E-state index contributed by atoms with van der Waals surface area (Å²) in [5, 5.41) is 5.66. The first kappa shape index (κ1) is 43.1. The Morgan fingerprint density at radius 3 is 1.87 bits per heavy atom. The zero-order chi connectivity index (χ0) is 43.2. The maximum atomic E-state index is 14.1. The highest BCUT2D eigenvalue weighted by atomic mass is 31.2. The fraction of sp³-hybridized carbons (Fsp3) is 0.167. The SMILES string of the molecule is COc1ccc(/C=C\c2cc(OC)c3c(c2)OCO3)cc1NC(=O)[C@H](Cc1ccc(OP(=O)(OCc2ccccc2)OCc2ccccc2)cc1)NC(=O)OCc1ccccc1. The van der Waals surface area contributed by atoms with E-state index in [1.165, 1.54) is 7.11 Å². The van der Waals surface area contributed by atoms with Crippen LogP contribution in [0.5, 0.6) is 28.7 Å². The Bertz CT molecular complexity index is 2460. The number of ether oxygens (including phenoxy) is 5. The molecule has 318 valence electrons. The van der Waals surface area contributed by atoms with Gasteiger partial charge in [0, 0.05) is 6.42 Å². The van der Waals surface area contributed by atoms with Gasteiger partial charge in [-0.25, -0.2) is 9.36 Å². The van der Waals surface area contributed by atoms with Crippen molar-refractivity contribution in [3.63, 3.8) is 0 Å². The van der Waals surface area contributed by atoms with Crippen molar-refractivity contribution in [3.8, 4) is 28.7 Å². The molecule has 2 N–H and O–H groups in total. The summed E-state index contributed by atoms with van der Waals surface area (Å²) in [6, 6.07) is 42.2. The molecular weight excluding hydrogens is 812 g/mol. The van der Waals surface area contributed by atoms with Crippen molar-refractivity contribution < 1.29 is 51.4 Å². The van der Waals surface area contributed by atoms with Crippen LogP contribution in [0.4, 0.5) is 10.5 Å². The topological polar surface area (TPSA) is 149 Å². The molecule has 1 aliphatic rings. The van der Waals surface area contributed by atoms with E-state index in [-0.39, 0.29) is 38.8 Å². The Morgan fingerprint density at radius 2 is 1.26 bits per heavy atom. The summed E-state index contributed by atoms with van der Waals surface area (Å²) in [5.74, 6) is 1.76. The number of phosphoric acid groups is 1. The van der Waals surface area contributed by atoms with E-state index in [4.69, 9.17) is 37.3 Å². The number of anilines is 1. The predicted molar refractivity (Wildman–Crippen MR) is 234 cm³/mol. The van der Waals surface area contributed by atoms with Gasteiger partial charge in [-0.15, -0.1) is 0 Å². The molecule has 0 fully saturated rings. The highest BCUT2D eigenvalue weighted by Gasteiger charge is 2.30. The summed E-state index contributed by atoms with van der Waals surface area (Å²) in [6.07, 6.45) is 3.00. The van der Waals surface area contributed by atoms with Gasteiger partial charge in [-0.1, -0.05) is 121 Å². The highest BCUT2D eigenvalue weighted by molar-refractivity contribution is 7.48. The molecule has 0 aromatic heterocycles. The third-order valence-corrected chi connectivity index (χ3v) is 10.8. The number of hydrogen-bond acceptors (Lipinski definition) is 11. The minimum atomic E-state index is -4.13. The summed E-state index contributed by atoms with van der Waals surface area (Å²) in [6.45, 7) is 0.100. The first-order chi connectivity index (χ1) is 30.3. The summed E-state index contributed by atoms with van der Waals surface area (Å²) >= 11 is 0. The zero-order valence-electron chi connectivity index (χ0n) is 34.1. The number of carbonyl (C=O) groups is 2. The molecule has 0 spiro atoms. The number of nitrogens with one attached hydrogen (secondary N) is 2. The van der Waals surface area contributed by atoms with Crippen molar-refractivity contribution in [3.05, 3.63) is 179 Å². The maximum absolute atomic E-state index is 14.1. The summed E-state index contributed by atoms with van der Waals surface area (Å²) in [5.41, 5.74) is 4.94. The Hall–Kier alpha value is -7.05. The van der Waals surface area contributed by atoms with Crippen molar-refractivity contribution in [2.75, 3.05) is 26.3 Å². The highest BCUT2D eigenvalue weighted by Crippen LogP contribution is 2.51. The third kappa shape index (κ3) is 12.0. The second kappa shape index (κ2) is 21.0. The fourth-order valence-corrected chi connectivity index (χ4v) is 7.47. The number of amides is 2. The van der Waals surface area contributed by atoms with Gasteiger partial charge in [-0.3, -0.25) is 13.8 Å². The van der Waals surface area contributed by atoms with Crippen LogP contribution in [-0.2, 0) is 49.4 Å². The molecule has 6 aromatic carbocycles. The number of benzene rings is 6. The monoisotopic (exact) mass is 856 g/mol. The number of rotatable bonds is 19. The van der Waals surface area contributed by atoms with Crippen molar-refractivity contribution in [1.82, 2.24) is 5.32 Å². The molecule has 0 unspecified atom stereocenters. The molecule has 0 bridgehead atoms. The van der Waals surface area contributed by atoms with Crippen LogP contribution >= 0.6 is 7.82 Å². The minimum Gasteiger partial charge on any atom is -0.495 e. The molecule has 1 aliphatic heterocycles. The van der Waals surface area contributed by atoms with E-state index >= 15 is 0 Å². The van der Waals surface area contributed by atoms with E-state index in [2.05, 4.69) is 10.6 Å². The van der Waals surface area contributed by atoms with Crippen LogP contribution in [0.2, 0.25) is 0 Å². The van der Waals surface area contributed by atoms with Crippen LogP contribution in [0.15, 0.2) is 146 Å². The summed E-state index contributed by atoms with van der Waals surface area (Å²) < 4.78 is 59.1. The summed E-state index contributed by atoms with van der Waals surface area (Å²) in [7, 11) is -1.08. The molecule has 6 aromatic rings. The normalized spacial score (nSPS) is 12.4. The third-order valence-electron chi connectivity index (χ3n) is 9.50. The van der Waals surface area contributed by atoms with Gasteiger partial charge >= 0.3 is 13.9 Å². The average Bonchev–Trinajstić information content (AvgIpc) is 3.79. The Kier molecular flexibility index (Phi) is 14.6. The van der Waals surface area contributed by atoms with Gasteiger partial charge in [0.2, 0.25) is 18.4 Å². The molecule has 1 atom stereocenters. The van der Waals surface area contributed by atoms with Crippen LogP contribution < -0.4 is 34.1 Å². The zero-order valence-corrected chi connectivity index (χ0v) is 35.0. The smallest absolute Gasteiger partial charge is 0.495 e. The fourth-order valence-electron chi connectivity index (χ4n) is 6.30. The molecular formula is C48H45N2O11P. The molecule has 0 saturated carbocycles. The second-order valence-electron chi connectivity index (χ2n) is 13.9. The van der Waals surface area contributed by atoms with Crippen molar-refractivity contribution >= 4 is 37.7 Å². The van der Waals surface area contributed by atoms with Crippen LogP contribution in [0, 0.1) is 0 Å². The standard InChI is InChI=1S/C48H45N2O11P/c1-54-43-25-22-34(18-19-39-28-44(55-2)46-45(29-39)57-33-58-46)26-41(43)49-47(51)42(50-48(52)56-30-36-12-6-3-7-13-36)27-35-20-23-40(24-21-35)61-62(53,59-31-37-14-8-4-9-15-37)60-32-38-16-10-5-11-17-38/h3-26,28-29,42H,27,30-33H2,1-2H3,(H,49,51)(H,50,52)/b19-18-/t42-/m0/s1. The number of methoxy groups -OCH3 is 2. The lowest BCUT2D eigenvalue weighted by Gasteiger charge is -2.21. The van der Waals surface area contributed by atoms with Gasteiger partial charge in [0.15, 0.2) is 11.5 Å². The molecule has 1 heterocycles. The maximum Gasteiger partial charge on any atom is 0.530 e. The minimum absolute atomic E-state index is 0.00321. The van der Waals surface area contributed by atoms with Gasteiger partial charge in [0.1, 0.15) is 24.1 Å². The first-order valence-electron chi connectivity index (χ1n) is 19.6. The van der Waals surface area contributed by atoms with Gasteiger partial charge in [0.05, 0.1) is 33.1 Å². The van der Waals surface area contributed by atoms with Gasteiger partial charge < -0.3 is 38.8 Å². The molecule has 14 heteroatoms. The summed E-state index contributed by atoms with van der Waals surface area (Å²) in [4.78, 5) is 27.3. The average molecular weight is 857 g/mol. The number of alkyl carbamates (subject to hydrolysis) is 1. The number of hydrogen-bond donors (Lipinski definition) is 2. The van der Waals surface area contributed by atoms with E-state index < -0.39 is 25.9 Å². The number of fused-ring (bicyclic) bond motifs is 1. The van der Waals surface area contributed by atoms with Gasteiger partial charge in [-0.05, 0) is 69.8 Å². The van der Waals surface area contributed by atoms with E-state index in [0.29, 0.717) is 34.2 Å². The lowest BCUT2D eigenvalue weighted by atomic mass is 10.0. The van der Waals surface area contributed by atoms with Crippen LogP contribution in [0.1, 0.15) is 33.4 Å². The molecule has 7 rings (SSSR count). The van der Waals surface area contributed by atoms with Crippen LogP contribution in [0.25, 0.3) is 12.2 Å². The first-order valence-corrected chi connectivity index (χ1v) is 21.1. The quantitative estimate of drug-likeness (QED) is 0.0592. The van der Waals surface area contributed by atoms with Crippen molar-refractivity contribution in [1.29, 1.82) is 0 Å². The molecule has 0 saturated heterocycles. The van der Waals surface area contributed by atoms with E-state index in [1.54, 1.807) is 43.5 Å². The van der Waals surface area contributed by atoms with Crippen molar-refractivity contribution in [2.24, 2.45) is 0 Å². The Balaban J connectivity index is 1.07. The van der Waals surface area contributed by atoms with E-state index in [0.717, 1.165) is 27.8 Å². The Labute approximate surface area is 359 Å². The molecule has 62 heavy (non-hydrogen) atoms. The van der Waals surface area contributed by atoms with Crippen molar-refractivity contribution in [2.45, 2.75) is 32.3 Å². The number of carbonyl (C=O) groups excluding carboxylic acids is 2. The van der Waals surface area contributed by atoms with Gasteiger partial charge in [0.25, 0.3) is 0 Å².